The highest BCUT2D eigenvalue weighted by molar-refractivity contribution is 6.64. The number of hydrogen-bond acceptors (Lipinski definition) is 6. The molecule has 3 heterocycles. The number of nitrogens with zero attached hydrogens (tertiary/aromatic N) is 2. The molecule has 0 saturated carbocycles. The summed E-state index contributed by atoms with van der Waals surface area (Å²) in [5.41, 5.74) is 0.0953. The van der Waals surface area contributed by atoms with Gasteiger partial charge in [0.15, 0.2) is 0 Å². The molecule has 1 aromatic carbocycles. The number of nitrogens with one attached hydrogen (secondary N) is 1. The van der Waals surface area contributed by atoms with Crippen LogP contribution in [0, 0.1) is 0 Å². The molecule has 1 aliphatic rings. The number of carbonyl (C=O) groups is 1. The van der Waals surface area contributed by atoms with E-state index in [0.717, 1.165) is 18.0 Å². The first-order valence-corrected chi connectivity index (χ1v) is 11.1. The summed E-state index contributed by atoms with van der Waals surface area (Å²) in [7, 11) is 4.49. The average Bonchev–Trinajstić information content (AvgIpc) is 3.24. The number of fused-ring (bicyclic) bond motifs is 1. The standard InChI is InChI=1S/C24H27BF3N3O4/c1-22(2)23(3,4)35-25(34-22)15-10-14-17(11-16(15)31(6)7)33-20(19(14)21(32)29-5)13-8-9-18(30-12-13)24(26,27)28/h8-12H,1-7H3,(H,29,32). The summed E-state index contributed by atoms with van der Waals surface area (Å²) in [6.45, 7) is 7.80. The first-order valence-electron chi connectivity index (χ1n) is 11.1. The molecule has 2 aromatic heterocycles. The number of aromatic nitrogens is 1. The van der Waals surface area contributed by atoms with Crippen molar-refractivity contribution < 1.29 is 31.7 Å². The van der Waals surface area contributed by atoms with Crippen molar-refractivity contribution in [2.45, 2.75) is 45.1 Å². The Kier molecular flexibility index (Phi) is 5.92. The topological polar surface area (TPSA) is 76.8 Å². The van der Waals surface area contributed by atoms with Gasteiger partial charge in [-0.25, -0.2) is 0 Å². The first-order chi connectivity index (χ1) is 16.2. The highest BCUT2D eigenvalue weighted by Crippen LogP contribution is 2.40. The third-order valence-corrected chi connectivity index (χ3v) is 6.60. The summed E-state index contributed by atoms with van der Waals surface area (Å²) >= 11 is 0. The van der Waals surface area contributed by atoms with Crippen LogP contribution in [0.1, 0.15) is 43.7 Å². The zero-order chi connectivity index (χ0) is 25.9. The minimum Gasteiger partial charge on any atom is -0.455 e. The number of furan rings is 1. The van der Waals surface area contributed by atoms with Crippen LogP contribution in [0.15, 0.2) is 34.9 Å². The van der Waals surface area contributed by atoms with E-state index in [4.69, 9.17) is 13.7 Å². The van der Waals surface area contributed by atoms with Gasteiger partial charge in [0.25, 0.3) is 5.91 Å². The Morgan fingerprint density at radius 2 is 1.71 bits per heavy atom. The number of anilines is 1. The van der Waals surface area contributed by atoms with E-state index in [1.165, 1.54) is 13.1 Å². The van der Waals surface area contributed by atoms with Crippen molar-refractivity contribution in [1.82, 2.24) is 10.3 Å². The molecule has 0 atom stereocenters. The van der Waals surface area contributed by atoms with Crippen molar-refractivity contribution in [3.05, 3.63) is 41.7 Å². The van der Waals surface area contributed by atoms with Gasteiger partial charge in [-0.05, 0) is 45.9 Å². The molecular weight excluding hydrogens is 462 g/mol. The summed E-state index contributed by atoms with van der Waals surface area (Å²) < 4.78 is 57.5. The highest BCUT2D eigenvalue weighted by Gasteiger charge is 2.52. The van der Waals surface area contributed by atoms with E-state index >= 15 is 0 Å². The number of benzene rings is 1. The van der Waals surface area contributed by atoms with Crippen LogP contribution in [0.25, 0.3) is 22.3 Å². The number of hydrogen-bond donors (Lipinski definition) is 1. The van der Waals surface area contributed by atoms with Crippen LogP contribution in [-0.4, -0.2) is 50.4 Å². The maximum absolute atomic E-state index is 13.0. The van der Waals surface area contributed by atoms with Gasteiger partial charge in [0.2, 0.25) is 0 Å². The second-order valence-electron chi connectivity index (χ2n) is 9.71. The number of pyridine rings is 1. The fourth-order valence-corrected chi connectivity index (χ4v) is 3.94. The van der Waals surface area contributed by atoms with Gasteiger partial charge in [0, 0.05) is 55.5 Å². The first kappa shape index (κ1) is 25.1. The summed E-state index contributed by atoms with van der Waals surface area (Å²) in [6.07, 6.45) is -3.52. The zero-order valence-electron chi connectivity index (χ0n) is 20.6. The lowest BCUT2D eigenvalue weighted by molar-refractivity contribution is -0.141. The van der Waals surface area contributed by atoms with Crippen LogP contribution >= 0.6 is 0 Å². The van der Waals surface area contributed by atoms with Crippen LogP contribution < -0.4 is 15.7 Å². The van der Waals surface area contributed by atoms with Crippen molar-refractivity contribution >= 4 is 35.1 Å². The van der Waals surface area contributed by atoms with Crippen LogP contribution in [0.5, 0.6) is 0 Å². The molecule has 1 saturated heterocycles. The molecule has 0 unspecified atom stereocenters. The maximum atomic E-state index is 13.0. The second kappa shape index (κ2) is 8.27. The molecule has 0 radical (unpaired) electrons. The highest BCUT2D eigenvalue weighted by atomic mass is 19.4. The molecule has 1 fully saturated rings. The van der Waals surface area contributed by atoms with Crippen molar-refractivity contribution in [2.75, 3.05) is 26.0 Å². The molecule has 0 aliphatic carbocycles. The second-order valence-corrected chi connectivity index (χ2v) is 9.71. The molecule has 4 rings (SSSR count). The molecule has 11 heteroatoms. The molecule has 1 N–H and O–H groups in total. The lowest BCUT2D eigenvalue weighted by Gasteiger charge is -2.32. The van der Waals surface area contributed by atoms with Gasteiger partial charge in [-0.1, -0.05) is 0 Å². The lowest BCUT2D eigenvalue weighted by atomic mass is 9.76. The number of carbonyl (C=O) groups excluding carboxylic acids is 1. The third kappa shape index (κ3) is 4.27. The fraction of sp³-hybridized carbons (Fsp3) is 0.417. The van der Waals surface area contributed by atoms with Crippen molar-refractivity contribution in [2.24, 2.45) is 0 Å². The van der Waals surface area contributed by atoms with Gasteiger partial charge < -0.3 is 23.9 Å². The van der Waals surface area contributed by atoms with Crippen LogP contribution in [0.2, 0.25) is 0 Å². The summed E-state index contributed by atoms with van der Waals surface area (Å²) in [6, 6.07) is 5.64. The maximum Gasteiger partial charge on any atom is 0.496 e. The summed E-state index contributed by atoms with van der Waals surface area (Å²) in [5.74, 6) is -0.326. The minimum absolute atomic E-state index is 0.122. The van der Waals surface area contributed by atoms with Crippen LogP contribution in [-0.2, 0) is 15.5 Å². The average molecular weight is 489 g/mol. The zero-order valence-corrected chi connectivity index (χ0v) is 20.6. The molecule has 186 valence electrons. The van der Waals surface area contributed by atoms with Gasteiger partial charge in [0.1, 0.15) is 17.0 Å². The van der Waals surface area contributed by atoms with Gasteiger partial charge in [-0.2, -0.15) is 13.2 Å². The molecule has 0 bridgehead atoms. The molecule has 0 spiro atoms. The number of alkyl halides is 3. The predicted octanol–water partition coefficient (Wildman–Crippen LogP) is 4.24. The number of halogens is 3. The molecule has 1 aliphatic heterocycles. The Morgan fingerprint density at radius 1 is 1.09 bits per heavy atom. The quantitative estimate of drug-likeness (QED) is 0.553. The fourth-order valence-electron chi connectivity index (χ4n) is 3.94. The van der Waals surface area contributed by atoms with E-state index in [-0.39, 0.29) is 16.9 Å². The Morgan fingerprint density at radius 3 is 2.20 bits per heavy atom. The van der Waals surface area contributed by atoms with Crippen molar-refractivity contribution in [3.8, 4) is 11.3 Å². The van der Waals surface area contributed by atoms with E-state index in [9.17, 15) is 18.0 Å². The van der Waals surface area contributed by atoms with E-state index in [2.05, 4.69) is 10.3 Å². The van der Waals surface area contributed by atoms with Gasteiger partial charge in [-0.3, -0.25) is 9.78 Å². The van der Waals surface area contributed by atoms with Crippen molar-refractivity contribution in [1.29, 1.82) is 0 Å². The van der Waals surface area contributed by atoms with Crippen molar-refractivity contribution in [3.63, 3.8) is 0 Å². The van der Waals surface area contributed by atoms with Crippen LogP contribution in [0.3, 0.4) is 0 Å². The molecule has 35 heavy (non-hydrogen) atoms. The normalized spacial score (nSPS) is 17.1. The minimum atomic E-state index is -4.58. The predicted molar refractivity (Wildman–Crippen MR) is 128 cm³/mol. The smallest absolute Gasteiger partial charge is 0.455 e. The molecular formula is C24H27BF3N3O4. The van der Waals surface area contributed by atoms with Gasteiger partial charge >= 0.3 is 13.3 Å². The van der Waals surface area contributed by atoms with Gasteiger partial charge in [0.05, 0.1) is 16.8 Å². The van der Waals surface area contributed by atoms with Crippen LogP contribution in [0.4, 0.5) is 18.9 Å². The summed E-state index contributed by atoms with van der Waals surface area (Å²) in [4.78, 5) is 18.3. The third-order valence-electron chi connectivity index (χ3n) is 6.60. The Bertz CT molecular complexity index is 1270. The number of amides is 1. The SMILES string of the molecule is CNC(=O)c1c(-c2ccc(C(F)(F)F)nc2)oc2cc(N(C)C)c(B3OC(C)(C)C(C)(C)O3)cc12. The van der Waals surface area contributed by atoms with E-state index < -0.39 is 36.1 Å². The largest absolute Gasteiger partial charge is 0.496 e. The monoisotopic (exact) mass is 489 g/mol. The van der Waals surface area contributed by atoms with E-state index in [1.54, 1.807) is 12.1 Å². The molecule has 7 nitrogen and oxygen atoms in total. The van der Waals surface area contributed by atoms with E-state index in [1.807, 2.05) is 46.7 Å². The molecule has 1 amide bonds. The Balaban J connectivity index is 1.92. The Labute approximate surface area is 201 Å². The van der Waals surface area contributed by atoms with E-state index in [0.29, 0.717) is 16.4 Å². The number of rotatable bonds is 4. The Hall–Kier alpha value is -3.05. The summed E-state index contributed by atoms with van der Waals surface area (Å²) in [5, 5.41) is 3.07. The van der Waals surface area contributed by atoms with Gasteiger partial charge in [-0.15, -0.1) is 0 Å². The lowest BCUT2D eigenvalue weighted by Crippen LogP contribution is -2.41. The molecule has 3 aromatic rings.